The molecule has 0 amide bonds. The summed E-state index contributed by atoms with van der Waals surface area (Å²) in [5.41, 5.74) is 0. The lowest BCUT2D eigenvalue weighted by Crippen LogP contribution is -2.34. The fourth-order valence-corrected chi connectivity index (χ4v) is 10.4. The average Bonchev–Trinajstić information content (AvgIpc) is 2.84. The summed E-state index contributed by atoms with van der Waals surface area (Å²) in [6.45, 7) is 4.25. The zero-order chi connectivity index (χ0) is 17.3. The lowest BCUT2D eigenvalue weighted by molar-refractivity contribution is 0.602. The molecule has 0 saturated carbocycles. The van der Waals surface area contributed by atoms with Crippen LogP contribution in [-0.2, 0) is 31.4 Å². The third-order valence-electron chi connectivity index (χ3n) is 4.32. The Kier molecular flexibility index (Phi) is 10.2. The van der Waals surface area contributed by atoms with E-state index in [4.69, 9.17) is 0 Å². The summed E-state index contributed by atoms with van der Waals surface area (Å²) in [7, 11) is -5.55. The first-order valence-corrected chi connectivity index (χ1v) is 13.4. The quantitative estimate of drug-likeness (QED) is 0.485. The van der Waals surface area contributed by atoms with Gasteiger partial charge in [0.2, 0.25) is 0 Å². The minimum atomic E-state index is -3.19. The Morgan fingerprint density at radius 2 is 1.13 bits per heavy atom. The Morgan fingerprint density at radius 1 is 0.739 bits per heavy atom. The maximum atomic E-state index is 12.5. The van der Waals surface area contributed by atoms with Gasteiger partial charge in [-0.2, -0.15) is 0 Å². The monoisotopic (exact) mass is 384 g/mol. The van der Waals surface area contributed by atoms with Gasteiger partial charge < -0.3 is 0 Å². The maximum absolute atomic E-state index is 12.5. The van der Waals surface area contributed by atoms with Crippen LogP contribution in [0.3, 0.4) is 0 Å². The normalized spacial score (nSPS) is 26.2. The van der Waals surface area contributed by atoms with Crippen molar-refractivity contribution in [1.82, 2.24) is 0 Å². The molecule has 0 aromatic carbocycles. The second-order valence-corrected chi connectivity index (χ2v) is 12.1. The number of rotatable bonds is 12. The predicted octanol–water partition coefficient (Wildman–Crippen LogP) is 2.81. The van der Waals surface area contributed by atoms with Crippen LogP contribution < -0.4 is 0 Å². The molecule has 0 aliphatic carbocycles. The molecule has 0 bridgehead atoms. The second-order valence-electron chi connectivity index (χ2n) is 6.44. The van der Waals surface area contributed by atoms with Gasteiger partial charge in [-0.25, -0.2) is 8.42 Å². The molecule has 23 heavy (non-hydrogen) atoms. The summed E-state index contributed by atoms with van der Waals surface area (Å²) in [6, 6.07) is 0. The second kappa shape index (κ2) is 11.0. The van der Waals surface area contributed by atoms with Gasteiger partial charge in [0, 0.05) is 33.1 Å². The number of hydrogen-bond donors (Lipinski definition) is 0. The highest BCUT2D eigenvalue weighted by atomic mass is 32.2. The molecule has 0 radical (unpaired) electrons. The van der Waals surface area contributed by atoms with Gasteiger partial charge >= 0.3 is 0 Å². The highest BCUT2D eigenvalue weighted by molar-refractivity contribution is 7.97. The largest absolute Gasteiger partial charge is 0.259 e. The summed E-state index contributed by atoms with van der Waals surface area (Å²) in [5.74, 6) is 1.00. The standard InChI is InChI=1S/C16H32O4S3/c1-3-5-7-9-11-21(17)15-13-23(19,20)14-16(15)22(18)12-10-8-6-4-2/h15-16H,3-14H2,1-2H3/t15-,16-,21+,22+/m0/s1. The van der Waals surface area contributed by atoms with E-state index in [0.29, 0.717) is 11.5 Å². The molecular formula is C16H32O4S3. The molecule has 1 heterocycles. The van der Waals surface area contributed by atoms with Gasteiger partial charge in [0.1, 0.15) is 0 Å². The van der Waals surface area contributed by atoms with Gasteiger partial charge in [0.25, 0.3) is 0 Å². The average molecular weight is 385 g/mol. The van der Waals surface area contributed by atoms with E-state index in [1.807, 2.05) is 0 Å². The zero-order valence-electron chi connectivity index (χ0n) is 14.5. The van der Waals surface area contributed by atoms with E-state index < -0.39 is 41.9 Å². The summed E-state index contributed by atoms with van der Waals surface area (Å²) in [6.07, 6.45) is 8.28. The van der Waals surface area contributed by atoms with E-state index >= 15 is 0 Å². The summed E-state index contributed by atoms with van der Waals surface area (Å²) in [4.78, 5) is 0. The number of sulfone groups is 1. The van der Waals surface area contributed by atoms with E-state index in [2.05, 4.69) is 13.8 Å². The van der Waals surface area contributed by atoms with Gasteiger partial charge in [0.05, 0.1) is 22.0 Å². The highest BCUT2D eigenvalue weighted by Crippen LogP contribution is 2.24. The molecule has 7 heteroatoms. The van der Waals surface area contributed by atoms with E-state index in [-0.39, 0.29) is 11.5 Å². The van der Waals surface area contributed by atoms with Gasteiger partial charge in [0.15, 0.2) is 9.84 Å². The zero-order valence-corrected chi connectivity index (χ0v) is 16.9. The van der Waals surface area contributed by atoms with Crippen LogP contribution in [0.4, 0.5) is 0 Å². The molecule has 1 rings (SSSR count). The maximum Gasteiger partial charge on any atom is 0.152 e. The number of hydrogen-bond acceptors (Lipinski definition) is 4. The van der Waals surface area contributed by atoms with Crippen molar-refractivity contribution < 1.29 is 16.8 Å². The predicted molar refractivity (Wildman–Crippen MR) is 101 cm³/mol. The third-order valence-corrected chi connectivity index (χ3v) is 10.4. The van der Waals surface area contributed by atoms with Crippen LogP contribution in [0.5, 0.6) is 0 Å². The molecule has 0 unspecified atom stereocenters. The topological polar surface area (TPSA) is 68.3 Å². The fourth-order valence-electron chi connectivity index (χ4n) is 2.92. The molecule has 4 nitrogen and oxygen atoms in total. The molecule has 4 atom stereocenters. The van der Waals surface area contributed by atoms with E-state index in [1.54, 1.807) is 0 Å². The van der Waals surface area contributed by atoms with Crippen molar-refractivity contribution in [2.45, 2.75) is 75.7 Å². The van der Waals surface area contributed by atoms with Crippen LogP contribution in [-0.4, -0.2) is 50.3 Å². The van der Waals surface area contributed by atoms with Gasteiger partial charge in [-0.3, -0.25) is 8.42 Å². The van der Waals surface area contributed by atoms with Crippen molar-refractivity contribution in [3.63, 3.8) is 0 Å². The lowest BCUT2D eigenvalue weighted by Gasteiger charge is -2.17. The van der Waals surface area contributed by atoms with E-state index in [9.17, 15) is 16.8 Å². The van der Waals surface area contributed by atoms with Crippen molar-refractivity contribution >= 4 is 31.4 Å². The highest BCUT2D eigenvalue weighted by Gasteiger charge is 2.43. The molecule has 138 valence electrons. The van der Waals surface area contributed by atoms with Crippen molar-refractivity contribution in [2.24, 2.45) is 0 Å². The van der Waals surface area contributed by atoms with Gasteiger partial charge in [-0.1, -0.05) is 52.4 Å². The molecule has 1 aliphatic rings. The minimum Gasteiger partial charge on any atom is -0.259 e. The molecule has 1 aliphatic heterocycles. The van der Waals surface area contributed by atoms with Crippen LogP contribution in [0, 0.1) is 0 Å². The molecule has 0 N–H and O–H groups in total. The SMILES string of the molecule is CCCCCC[S@@](=O)[C@H]1CS(=O)(=O)C[C@@H]1[S@](=O)CCCCCC. The first kappa shape index (κ1) is 21.3. The van der Waals surface area contributed by atoms with Crippen molar-refractivity contribution in [3.8, 4) is 0 Å². The van der Waals surface area contributed by atoms with Crippen LogP contribution in [0.25, 0.3) is 0 Å². The summed E-state index contributed by atoms with van der Waals surface area (Å²) >= 11 is 0. The van der Waals surface area contributed by atoms with Crippen LogP contribution in [0.1, 0.15) is 65.2 Å². The first-order chi connectivity index (χ1) is 10.9. The van der Waals surface area contributed by atoms with Crippen LogP contribution >= 0.6 is 0 Å². The Bertz CT molecular complexity index is 450. The Hall–Kier alpha value is 0.250. The molecule has 1 saturated heterocycles. The molecule has 0 aromatic heterocycles. The first-order valence-electron chi connectivity index (χ1n) is 8.86. The van der Waals surface area contributed by atoms with Crippen molar-refractivity contribution in [3.05, 3.63) is 0 Å². The molecule has 1 fully saturated rings. The fraction of sp³-hybridized carbons (Fsp3) is 1.00. The van der Waals surface area contributed by atoms with Crippen LogP contribution in [0.15, 0.2) is 0 Å². The van der Waals surface area contributed by atoms with E-state index in [0.717, 1.165) is 51.4 Å². The number of unbranched alkanes of at least 4 members (excludes halogenated alkanes) is 6. The third kappa shape index (κ3) is 7.78. The van der Waals surface area contributed by atoms with Gasteiger partial charge in [-0.15, -0.1) is 0 Å². The Labute approximate surface area is 147 Å². The van der Waals surface area contributed by atoms with Crippen LogP contribution in [0.2, 0.25) is 0 Å². The minimum absolute atomic E-state index is 0.0429. The van der Waals surface area contributed by atoms with E-state index in [1.165, 1.54) is 0 Å². The van der Waals surface area contributed by atoms with Crippen molar-refractivity contribution in [1.29, 1.82) is 0 Å². The Balaban J connectivity index is 2.56. The Morgan fingerprint density at radius 3 is 1.48 bits per heavy atom. The van der Waals surface area contributed by atoms with Gasteiger partial charge in [-0.05, 0) is 12.8 Å². The lowest BCUT2D eigenvalue weighted by atomic mass is 10.2. The summed E-state index contributed by atoms with van der Waals surface area (Å²) in [5, 5.41) is -0.845. The summed E-state index contributed by atoms with van der Waals surface area (Å²) < 4.78 is 48.9. The molecule has 0 spiro atoms. The molecule has 0 aromatic rings. The smallest absolute Gasteiger partial charge is 0.152 e. The van der Waals surface area contributed by atoms with Crippen molar-refractivity contribution in [2.75, 3.05) is 23.0 Å². The molecular weight excluding hydrogens is 352 g/mol.